The van der Waals surface area contributed by atoms with Crippen molar-refractivity contribution in [3.8, 4) is 0 Å². The summed E-state index contributed by atoms with van der Waals surface area (Å²) < 4.78 is 2.65. The van der Waals surface area contributed by atoms with Crippen LogP contribution >= 0.6 is 0 Å². The predicted molar refractivity (Wildman–Crippen MR) is 68.8 cm³/mol. The van der Waals surface area contributed by atoms with Crippen LogP contribution in [0.5, 0.6) is 0 Å². The standard InChI is InChI=1S/C13H16N4O2/c18-11(10-4-2-1-3-5-10)9-17-13(19)16-7-6-14-8-12(16)15-17/h6-8,10H,1-5,9H2. The average molecular weight is 260 g/mol. The fourth-order valence-corrected chi connectivity index (χ4v) is 2.68. The van der Waals surface area contributed by atoms with Crippen molar-refractivity contribution in [1.29, 1.82) is 0 Å². The Kier molecular flexibility index (Phi) is 3.15. The van der Waals surface area contributed by atoms with E-state index in [9.17, 15) is 9.59 Å². The van der Waals surface area contributed by atoms with Gasteiger partial charge in [-0.05, 0) is 12.8 Å². The van der Waals surface area contributed by atoms with Gasteiger partial charge < -0.3 is 0 Å². The Hall–Kier alpha value is -1.98. The first kappa shape index (κ1) is 12.1. The second-order valence-corrected chi connectivity index (χ2v) is 5.05. The minimum absolute atomic E-state index is 0.0746. The van der Waals surface area contributed by atoms with Crippen LogP contribution in [0.2, 0.25) is 0 Å². The lowest BCUT2D eigenvalue weighted by molar-refractivity contribution is -0.124. The highest BCUT2D eigenvalue weighted by Crippen LogP contribution is 2.24. The molecule has 0 unspecified atom stereocenters. The number of rotatable bonds is 3. The molecule has 2 heterocycles. The maximum absolute atomic E-state index is 12.2. The third kappa shape index (κ3) is 2.30. The van der Waals surface area contributed by atoms with Gasteiger partial charge in [0, 0.05) is 18.3 Å². The van der Waals surface area contributed by atoms with Gasteiger partial charge in [0.25, 0.3) is 0 Å². The summed E-state index contributed by atoms with van der Waals surface area (Å²) in [6, 6.07) is 0. The molecule has 0 spiro atoms. The number of hydrogen-bond donors (Lipinski definition) is 0. The van der Waals surface area contributed by atoms with E-state index in [1.165, 1.54) is 27.9 Å². The molecule has 0 N–H and O–H groups in total. The molecule has 0 saturated heterocycles. The number of aromatic nitrogens is 4. The summed E-state index contributed by atoms with van der Waals surface area (Å²) in [6.07, 6.45) is 9.94. The smallest absolute Gasteiger partial charge is 0.297 e. The Labute approximate surface area is 110 Å². The van der Waals surface area contributed by atoms with Gasteiger partial charge in [-0.25, -0.2) is 13.9 Å². The van der Waals surface area contributed by atoms with E-state index in [0.29, 0.717) is 5.65 Å². The molecule has 2 aromatic heterocycles. The molecule has 0 aliphatic heterocycles. The van der Waals surface area contributed by atoms with Crippen LogP contribution in [0, 0.1) is 5.92 Å². The van der Waals surface area contributed by atoms with Crippen molar-refractivity contribution in [3.05, 3.63) is 29.1 Å². The van der Waals surface area contributed by atoms with E-state index in [2.05, 4.69) is 10.1 Å². The van der Waals surface area contributed by atoms with Crippen LogP contribution in [0.25, 0.3) is 5.65 Å². The summed E-state index contributed by atoms with van der Waals surface area (Å²) in [5, 5.41) is 4.13. The van der Waals surface area contributed by atoms with Crippen LogP contribution in [0.3, 0.4) is 0 Å². The van der Waals surface area contributed by atoms with E-state index in [1.807, 2.05) is 0 Å². The lowest BCUT2D eigenvalue weighted by Crippen LogP contribution is -2.29. The Balaban J connectivity index is 1.83. The highest BCUT2D eigenvalue weighted by atomic mass is 16.2. The van der Waals surface area contributed by atoms with Crippen molar-refractivity contribution in [1.82, 2.24) is 19.2 Å². The van der Waals surface area contributed by atoms with Crippen molar-refractivity contribution < 1.29 is 4.79 Å². The van der Waals surface area contributed by atoms with Gasteiger partial charge in [0.1, 0.15) is 6.54 Å². The quantitative estimate of drug-likeness (QED) is 0.826. The van der Waals surface area contributed by atoms with E-state index in [1.54, 1.807) is 6.20 Å². The van der Waals surface area contributed by atoms with Crippen molar-refractivity contribution in [2.24, 2.45) is 5.92 Å². The molecular formula is C13H16N4O2. The third-order valence-electron chi connectivity index (χ3n) is 3.75. The largest absolute Gasteiger partial charge is 0.350 e. The van der Waals surface area contributed by atoms with Gasteiger partial charge in [0.05, 0.1) is 6.20 Å². The van der Waals surface area contributed by atoms with Gasteiger partial charge in [-0.3, -0.25) is 9.78 Å². The zero-order valence-corrected chi connectivity index (χ0v) is 10.7. The van der Waals surface area contributed by atoms with Crippen LogP contribution < -0.4 is 5.69 Å². The van der Waals surface area contributed by atoms with Crippen LogP contribution in [0.4, 0.5) is 0 Å². The van der Waals surface area contributed by atoms with Crippen LogP contribution in [-0.4, -0.2) is 24.9 Å². The molecule has 19 heavy (non-hydrogen) atoms. The Bertz CT molecular complexity index is 652. The molecule has 0 radical (unpaired) electrons. The van der Waals surface area contributed by atoms with Crippen LogP contribution in [-0.2, 0) is 11.3 Å². The maximum atomic E-state index is 12.2. The fraction of sp³-hybridized carbons (Fsp3) is 0.538. The SMILES string of the molecule is O=C(Cn1nc2cnccn2c1=O)C1CCCCC1. The Morgan fingerprint density at radius 3 is 2.84 bits per heavy atom. The summed E-state index contributed by atoms with van der Waals surface area (Å²) in [5.41, 5.74) is 0.200. The number of nitrogens with zero attached hydrogens (tertiary/aromatic N) is 4. The number of fused-ring (bicyclic) bond motifs is 1. The van der Waals surface area contributed by atoms with Crippen molar-refractivity contribution in [2.75, 3.05) is 0 Å². The predicted octanol–water partition coefficient (Wildman–Crippen LogP) is 1.04. The van der Waals surface area contributed by atoms with Gasteiger partial charge in [0.2, 0.25) is 0 Å². The minimum Gasteiger partial charge on any atom is -0.297 e. The number of Topliss-reactive ketones (excluding diaryl/α,β-unsaturated/α-hetero) is 1. The molecular weight excluding hydrogens is 244 g/mol. The van der Waals surface area contributed by atoms with Gasteiger partial charge in [0.15, 0.2) is 11.4 Å². The zero-order chi connectivity index (χ0) is 13.2. The first-order valence-corrected chi connectivity index (χ1v) is 6.67. The van der Waals surface area contributed by atoms with E-state index in [-0.39, 0.29) is 23.9 Å². The monoisotopic (exact) mass is 260 g/mol. The molecule has 0 amide bonds. The van der Waals surface area contributed by atoms with E-state index >= 15 is 0 Å². The molecule has 1 fully saturated rings. The summed E-state index contributed by atoms with van der Waals surface area (Å²) in [4.78, 5) is 28.1. The lowest BCUT2D eigenvalue weighted by atomic mass is 9.86. The summed E-state index contributed by atoms with van der Waals surface area (Å²) in [6.45, 7) is 0.0746. The number of ketones is 1. The lowest BCUT2D eigenvalue weighted by Gasteiger charge is -2.19. The molecule has 1 saturated carbocycles. The van der Waals surface area contributed by atoms with Gasteiger partial charge in [-0.15, -0.1) is 5.10 Å². The molecule has 1 aliphatic rings. The average Bonchev–Trinajstić information content (AvgIpc) is 2.77. The molecule has 6 nitrogen and oxygen atoms in total. The topological polar surface area (TPSA) is 69.3 Å². The highest BCUT2D eigenvalue weighted by Gasteiger charge is 2.22. The van der Waals surface area contributed by atoms with E-state index in [4.69, 9.17) is 0 Å². The zero-order valence-electron chi connectivity index (χ0n) is 10.7. The minimum atomic E-state index is -0.276. The molecule has 2 aromatic rings. The van der Waals surface area contributed by atoms with Gasteiger partial charge in [-0.2, -0.15) is 0 Å². The van der Waals surface area contributed by atoms with Crippen molar-refractivity contribution in [2.45, 2.75) is 38.6 Å². The van der Waals surface area contributed by atoms with Gasteiger partial charge in [-0.1, -0.05) is 19.3 Å². The fourth-order valence-electron chi connectivity index (χ4n) is 2.68. The first-order chi connectivity index (χ1) is 9.25. The normalized spacial score (nSPS) is 16.8. The van der Waals surface area contributed by atoms with Crippen molar-refractivity contribution >= 4 is 11.4 Å². The molecule has 0 atom stereocenters. The molecule has 6 heteroatoms. The second-order valence-electron chi connectivity index (χ2n) is 5.05. The summed E-state index contributed by atoms with van der Waals surface area (Å²) in [7, 11) is 0. The molecule has 0 bridgehead atoms. The third-order valence-corrected chi connectivity index (χ3v) is 3.75. The van der Waals surface area contributed by atoms with E-state index in [0.717, 1.165) is 25.7 Å². The number of carbonyl (C=O) groups is 1. The Morgan fingerprint density at radius 2 is 2.11 bits per heavy atom. The highest BCUT2D eigenvalue weighted by molar-refractivity contribution is 5.80. The van der Waals surface area contributed by atoms with E-state index < -0.39 is 0 Å². The van der Waals surface area contributed by atoms with Crippen molar-refractivity contribution in [3.63, 3.8) is 0 Å². The maximum Gasteiger partial charge on any atom is 0.350 e. The van der Waals surface area contributed by atoms with Crippen LogP contribution in [0.15, 0.2) is 23.4 Å². The number of hydrogen-bond acceptors (Lipinski definition) is 4. The van der Waals surface area contributed by atoms with Crippen LogP contribution in [0.1, 0.15) is 32.1 Å². The molecule has 0 aromatic carbocycles. The Morgan fingerprint density at radius 1 is 1.32 bits per heavy atom. The molecule has 1 aliphatic carbocycles. The molecule has 3 rings (SSSR count). The summed E-state index contributed by atoms with van der Waals surface area (Å²) >= 11 is 0. The second kappa shape index (κ2) is 4.95. The molecule has 100 valence electrons. The van der Waals surface area contributed by atoms with Gasteiger partial charge >= 0.3 is 5.69 Å². The first-order valence-electron chi connectivity index (χ1n) is 6.67. The summed E-state index contributed by atoms with van der Waals surface area (Å²) in [5.74, 6) is 0.224. The number of carbonyl (C=O) groups excluding carboxylic acids is 1.